The minimum absolute atomic E-state index is 0.0767. The summed E-state index contributed by atoms with van der Waals surface area (Å²) >= 11 is 0. The number of hydrogen-bond donors (Lipinski definition) is 1. The van der Waals surface area contributed by atoms with Crippen molar-refractivity contribution in [1.82, 2.24) is 24.0 Å². The maximum absolute atomic E-state index is 12.1. The van der Waals surface area contributed by atoms with Gasteiger partial charge in [-0.15, -0.1) is 0 Å². The second-order valence-corrected chi connectivity index (χ2v) is 54.2. The van der Waals surface area contributed by atoms with E-state index in [0.29, 0.717) is 75.5 Å². The van der Waals surface area contributed by atoms with E-state index in [2.05, 4.69) is 284 Å². The molecule has 0 saturated carbocycles. The van der Waals surface area contributed by atoms with Gasteiger partial charge in [0.2, 0.25) is 12.5 Å². The quantitative estimate of drug-likeness (QED) is 0.0378. The fourth-order valence-corrected chi connectivity index (χ4v) is 28.0. The molecule has 2 aromatic rings. The van der Waals surface area contributed by atoms with E-state index in [1.807, 2.05) is 0 Å². The summed E-state index contributed by atoms with van der Waals surface area (Å²) in [6, 6.07) is 5.34. The smallest absolute Gasteiger partial charge is 0.321 e. The standard InChI is InChI=1S/C46H83N2O4P.C38H67N2O3P.C31H65N2O3P.C11H26NOP/c1-35(2)23-19-24-38(7)25-20-26-39(8)27-21-29-46(12)30-28-43-42(11)44(40(9)41(10)45(43)52-46)49-32-17-15-13-14-16-18-33-50-53(51-34-22-31-47)48(36(3)4)37(5)6;1-27(2)17-14-18-30(7)19-15-20-31(8)21-16-23-38(12)24-22-35-34(11)36(32(9)33(10)37(35)42-38)43-44(41-26-25-39-13)40(28(3)4)29(5)6;1-7-9-10-11-12-13-14-15-16-17-18-19-22-25-31(34)32-26-23-20-21-24-28-36-37(35-27-8-2)33(29(3)4)30(5)6;1-7-8-9-13-14(6)12(10(2)3)11(4)5/h35-39H,13-30,32-34H2,1-12H3;27-31H,14-26H2,1-12H3;29-30H,7-28H2,1-6H3,(H,32,34);10-11H,7-9H2,1-6H3/t38-,39-,46-,53?;30-,31-,38-,44?;;/m11../s1. The highest BCUT2D eigenvalue weighted by molar-refractivity contribution is 7.49. The summed E-state index contributed by atoms with van der Waals surface area (Å²) in [5.41, 5.74) is 9.71. The fraction of sp³-hybridized carbons (Fsp3) is 0.881. The van der Waals surface area contributed by atoms with Gasteiger partial charge in [-0.1, -0.05) is 288 Å². The van der Waals surface area contributed by atoms with Gasteiger partial charge in [0.1, 0.15) is 49.1 Å². The van der Waals surface area contributed by atoms with Crippen LogP contribution in [0.5, 0.6) is 23.0 Å². The van der Waals surface area contributed by atoms with Gasteiger partial charge in [0.05, 0.1) is 52.1 Å². The van der Waals surface area contributed by atoms with Crippen molar-refractivity contribution in [1.29, 1.82) is 5.26 Å². The van der Waals surface area contributed by atoms with Crippen molar-refractivity contribution >= 4 is 39.8 Å². The van der Waals surface area contributed by atoms with Gasteiger partial charge in [-0.25, -0.2) is 20.6 Å². The van der Waals surface area contributed by atoms with Crippen LogP contribution in [0.25, 0.3) is 4.85 Å². The summed E-state index contributed by atoms with van der Waals surface area (Å²) in [7, 11) is -3.87. The summed E-state index contributed by atoms with van der Waals surface area (Å²) in [4.78, 5) is 15.6. The van der Waals surface area contributed by atoms with Crippen LogP contribution in [0.1, 0.15) is 553 Å². The number of hydrogen-bond acceptors (Lipinski definition) is 16. The van der Waals surface area contributed by atoms with Crippen LogP contribution in [0.4, 0.5) is 0 Å². The van der Waals surface area contributed by atoms with Crippen LogP contribution in [0.2, 0.25) is 0 Å². The third kappa shape index (κ3) is 62.7. The second-order valence-electron chi connectivity index (χ2n) is 48.3. The van der Waals surface area contributed by atoms with E-state index in [0.717, 1.165) is 193 Å². The highest BCUT2D eigenvalue weighted by atomic mass is 31.2. The number of ether oxygens (including phenoxy) is 3. The molecule has 0 aromatic heterocycles. The van der Waals surface area contributed by atoms with Crippen LogP contribution >= 0.6 is 33.9 Å². The zero-order valence-electron chi connectivity index (χ0n) is 104. The molecule has 22 heteroatoms. The van der Waals surface area contributed by atoms with E-state index in [1.54, 1.807) is 0 Å². The van der Waals surface area contributed by atoms with Crippen LogP contribution in [0.3, 0.4) is 0 Å². The number of nitriles is 1. The lowest BCUT2D eigenvalue weighted by Crippen LogP contribution is -2.37. The first-order valence-corrected chi connectivity index (χ1v) is 66.3. The Balaban J connectivity index is 0.00000105. The summed E-state index contributed by atoms with van der Waals surface area (Å²) in [5, 5.41) is 12.0. The van der Waals surface area contributed by atoms with E-state index in [9.17, 15) is 4.79 Å². The minimum atomic E-state index is -1.35. The molecule has 1 amide bonds. The van der Waals surface area contributed by atoms with Crippen LogP contribution < -0.4 is 24.1 Å². The third-order valence-corrected chi connectivity index (χ3v) is 38.4. The SMILES string of the molecule is CCCCCCCCCCCCCCCC(=O)NCCCCCCOP(OCCC)N(C(C)C)C(C)C.CCCCOP(C)N(C(C)C)C(C)C.Cc1c(C)c2c(c(C)c1OCCCCCCCCOP(OCCC#N)N(C(C)C)C(C)C)CC[C@@](C)(CCC[C@H](C)CCC[C@H](C)CCCC(C)C)O2.[C-]#[N+]CCOP(Oc1c(C)c(C)c2c(c1C)CC[C@@](C)(CCC[C@H](C)CCC[C@H](C)CCCC(C)C)O2)N(C(C)C)C(C)C. The van der Waals surface area contributed by atoms with Crippen molar-refractivity contribution in [2.45, 2.75) is 623 Å². The minimum Gasteiger partial charge on any atom is -0.493 e. The Morgan fingerprint density at radius 3 is 1.09 bits per heavy atom. The van der Waals surface area contributed by atoms with Crippen molar-refractivity contribution in [2.24, 2.45) is 35.5 Å². The zero-order valence-corrected chi connectivity index (χ0v) is 107. The Kier molecular flexibility index (Phi) is 82.8. The number of nitrogens with one attached hydrogen (secondary N) is 1. The first kappa shape index (κ1) is 143. The van der Waals surface area contributed by atoms with Crippen molar-refractivity contribution in [2.75, 3.05) is 66.0 Å². The second kappa shape index (κ2) is 85.5. The largest absolute Gasteiger partial charge is 0.493 e. The average molecular weight is 2150 g/mol. The third-order valence-electron chi connectivity index (χ3n) is 30.1. The first-order chi connectivity index (χ1) is 70.3. The number of fused-ring (bicyclic) bond motifs is 2. The van der Waals surface area contributed by atoms with Crippen LogP contribution in [-0.2, 0) is 44.8 Å². The number of carbonyl (C=O) groups is 1. The number of unbranched alkanes of at least 4 members (excludes halogenated alkanes) is 21. The lowest BCUT2D eigenvalue weighted by atomic mass is 9.83. The predicted molar refractivity (Wildman–Crippen MR) is 646 cm³/mol. The number of rotatable bonds is 84. The van der Waals surface area contributed by atoms with Crippen molar-refractivity contribution in [3.63, 3.8) is 0 Å². The predicted octanol–water partition coefficient (Wildman–Crippen LogP) is 39.7. The Bertz CT molecular complexity index is 3670. The van der Waals surface area contributed by atoms with E-state index in [1.165, 1.54) is 251 Å². The van der Waals surface area contributed by atoms with Crippen LogP contribution in [-0.4, -0.2) is 150 Å². The van der Waals surface area contributed by atoms with Gasteiger partial charge in [0, 0.05) is 72.4 Å². The molecule has 0 aliphatic carbocycles. The molecule has 2 heterocycles. The molecule has 0 fully saturated rings. The number of benzene rings is 2. The van der Waals surface area contributed by atoms with Crippen molar-refractivity contribution in [3.8, 4) is 29.1 Å². The van der Waals surface area contributed by atoms with Gasteiger partial charge in [-0.2, -0.15) is 5.26 Å². The van der Waals surface area contributed by atoms with E-state index < -0.39 is 33.9 Å². The highest BCUT2D eigenvalue weighted by Crippen LogP contribution is 2.54. The molecule has 0 bridgehead atoms. The molecule has 0 radical (unpaired) electrons. The fourth-order valence-electron chi connectivity index (χ4n) is 21.1. The Morgan fingerprint density at radius 1 is 0.372 bits per heavy atom. The lowest BCUT2D eigenvalue weighted by Gasteiger charge is -2.39. The Hall–Kier alpha value is -2.59. The highest BCUT2D eigenvalue weighted by Gasteiger charge is 2.39. The molecule has 2 aromatic carbocycles. The number of amides is 1. The zero-order chi connectivity index (χ0) is 111. The number of carbonyl (C=O) groups excluding carboxylic acids is 1. The molecular weight excluding hydrogens is 1910 g/mol. The maximum Gasteiger partial charge on any atom is 0.321 e. The first-order valence-electron chi connectivity index (χ1n) is 61.3. The molecule has 148 heavy (non-hydrogen) atoms. The average Bonchev–Trinajstić information content (AvgIpc) is 0.756. The molecule has 0 saturated heterocycles. The Morgan fingerprint density at radius 2 is 0.703 bits per heavy atom. The molecule has 4 rings (SSSR count). The Labute approximate surface area is 923 Å². The van der Waals surface area contributed by atoms with Crippen molar-refractivity contribution < 1.29 is 50.7 Å². The number of nitrogens with zero attached hydrogens (tertiary/aromatic N) is 6. The van der Waals surface area contributed by atoms with Gasteiger partial charge in [-0.05, 0) is 338 Å². The molecule has 2 aliphatic rings. The maximum atomic E-state index is 12.1. The van der Waals surface area contributed by atoms with Crippen LogP contribution in [0.15, 0.2) is 0 Å². The molecule has 866 valence electrons. The molecule has 2 aliphatic heterocycles. The molecule has 0 spiro atoms. The summed E-state index contributed by atoms with van der Waals surface area (Å²) in [6.45, 7) is 94.1. The van der Waals surface area contributed by atoms with Crippen LogP contribution in [0, 0.1) is 95.0 Å². The molecular formula is C126H241N7O11P4. The molecule has 4 unspecified atom stereocenters. The van der Waals surface area contributed by atoms with E-state index in [4.69, 9.17) is 57.7 Å². The summed E-state index contributed by atoms with van der Waals surface area (Å²) < 4.78 is 73.1. The normalized spacial score (nSPS) is 16.4. The molecule has 10 atom stereocenters. The van der Waals surface area contributed by atoms with Gasteiger partial charge in [0.25, 0.3) is 17.1 Å². The molecule has 18 nitrogen and oxygen atoms in total. The van der Waals surface area contributed by atoms with Gasteiger partial charge >= 0.3 is 8.53 Å². The van der Waals surface area contributed by atoms with Gasteiger partial charge < -0.3 is 56.0 Å². The summed E-state index contributed by atoms with van der Waals surface area (Å²) in [5.74, 6) is 9.44. The van der Waals surface area contributed by atoms with Gasteiger partial charge in [-0.3, -0.25) is 9.46 Å². The van der Waals surface area contributed by atoms with E-state index in [-0.39, 0.29) is 29.2 Å². The summed E-state index contributed by atoms with van der Waals surface area (Å²) in [6.07, 6.45) is 61.2. The van der Waals surface area contributed by atoms with Crippen molar-refractivity contribution in [3.05, 3.63) is 55.9 Å². The van der Waals surface area contributed by atoms with Gasteiger partial charge in [0.15, 0.2) is 0 Å². The topological polar surface area (TPSA) is 163 Å². The lowest BCUT2D eigenvalue weighted by molar-refractivity contribution is -0.121. The monoisotopic (exact) mass is 2150 g/mol. The van der Waals surface area contributed by atoms with E-state index >= 15 is 0 Å². The molecule has 1 N–H and O–H groups in total.